The molecule has 1 N–H and O–H groups in total. The van der Waals surface area contributed by atoms with Gasteiger partial charge in [0.15, 0.2) is 5.16 Å². The van der Waals surface area contributed by atoms with Crippen LogP contribution in [0.15, 0.2) is 90.2 Å². The average molecular weight is 445 g/mol. The van der Waals surface area contributed by atoms with Gasteiger partial charge >= 0.3 is 0 Å². The Morgan fingerprint density at radius 1 is 1.06 bits per heavy atom. The van der Waals surface area contributed by atoms with Crippen LogP contribution in [-0.2, 0) is 4.79 Å². The number of carbonyl (C=O) groups excluding carboxylic acids is 1. The predicted octanol–water partition coefficient (Wildman–Crippen LogP) is 5.49. The van der Waals surface area contributed by atoms with Crippen molar-refractivity contribution in [1.29, 1.82) is 0 Å². The average Bonchev–Trinajstić information content (AvgIpc) is 3.23. The number of nitro groups is 1. The molecular formula is C24H20N4O3S. The molecule has 0 spiro atoms. The molecule has 0 saturated carbocycles. The lowest BCUT2D eigenvalue weighted by Crippen LogP contribution is -2.14. The van der Waals surface area contributed by atoms with Crippen molar-refractivity contribution in [3.05, 3.63) is 101 Å². The Morgan fingerprint density at radius 3 is 2.53 bits per heavy atom. The van der Waals surface area contributed by atoms with Crippen LogP contribution in [0, 0.1) is 17.0 Å². The lowest BCUT2D eigenvalue weighted by molar-refractivity contribution is -0.384. The largest absolute Gasteiger partial charge is 0.325 e. The normalized spacial score (nSPS) is 10.7. The van der Waals surface area contributed by atoms with E-state index in [0.717, 1.165) is 16.9 Å². The Balaban J connectivity index is 1.65. The van der Waals surface area contributed by atoms with E-state index in [0.29, 0.717) is 16.4 Å². The van der Waals surface area contributed by atoms with Gasteiger partial charge in [0.2, 0.25) is 5.91 Å². The van der Waals surface area contributed by atoms with E-state index in [9.17, 15) is 14.9 Å². The molecular weight excluding hydrogens is 424 g/mol. The van der Waals surface area contributed by atoms with E-state index in [-0.39, 0.29) is 17.3 Å². The summed E-state index contributed by atoms with van der Waals surface area (Å²) in [5.41, 5.74) is 4.10. The number of imidazole rings is 1. The van der Waals surface area contributed by atoms with Crippen LogP contribution in [0.2, 0.25) is 0 Å². The summed E-state index contributed by atoms with van der Waals surface area (Å²) in [6.45, 7) is 2.00. The zero-order chi connectivity index (χ0) is 22.5. The molecule has 0 fully saturated rings. The third-order valence-electron chi connectivity index (χ3n) is 4.76. The number of benzene rings is 3. The summed E-state index contributed by atoms with van der Waals surface area (Å²) < 4.78 is 1.92. The van der Waals surface area contributed by atoms with Crippen LogP contribution in [-0.4, -0.2) is 26.1 Å². The molecule has 160 valence electrons. The van der Waals surface area contributed by atoms with Crippen molar-refractivity contribution in [2.75, 3.05) is 11.1 Å². The molecule has 0 radical (unpaired) electrons. The highest BCUT2D eigenvalue weighted by Crippen LogP contribution is 2.31. The van der Waals surface area contributed by atoms with Crippen LogP contribution in [0.5, 0.6) is 0 Å². The SMILES string of the molecule is Cc1ccc(-n2c(-c3cccc([N+](=O)[O-])c3)cnc2SCC(=O)Nc2ccccc2)cc1. The molecule has 0 saturated heterocycles. The molecule has 1 aromatic heterocycles. The number of anilines is 1. The zero-order valence-corrected chi connectivity index (χ0v) is 18.1. The summed E-state index contributed by atoms with van der Waals surface area (Å²) in [5.74, 6) is 0.0307. The highest BCUT2D eigenvalue weighted by molar-refractivity contribution is 7.99. The fraction of sp³-hybridized carbons (Fsp3) is 0.0833. The lowest BCUT2D eigenvalue weighted by Gasteiger charge is -2.12. The molecule has 0 aliphatic heterocycles. The van der Waals surface area contributed by atoms with Crippen LogP contribution >= 0.6 is 11.8 Å². The molecule has 0 atom stereocenters. The number of para-hydroxylation sites is 1. The number of nitrogens with one attached hydrogen (secondary N) is 1. The Labute approximate surface area is 189 Å². The third kappa shape index (κ3) is 4.87. The highest BCUT2D eigenvalue weighted by atomic mass is 32.2. The first-order chi connectivity index (χ1) is 15.5. The topological polar surface area (TPSA) is 90.1 Å². The lowest BCUT2D eigenvalue weighted by atomic mass is 10.1. The minimum atomic E-state index is -0.417. The second kappa shape index (κ2) is 9.49. The van der Waals surface area contributed by atoms with E-state index in [1.807, 2.05) is 72.2 Å². The first kappa shape index (κ1) is 21.3. The number of nitrogens with zero attached hydrogens (tertiary/aromatic N) is 3. The Morgan fingerprint density at radius 2 is 1.81 bits per heavy atom. The number of non-ortho nitro benzene ring substituents is 1. The van der Waals surface area contributed by atoms with E-state index < -0.39 is 4.92 Å². The van der Waals surface area contributed by atoms with Gasteiger partial charge in [-0.25, -0.2) is 4.98 Å². The van der Waals surface area contributed by atoms with Gasteiger partial charge < -0.3 is 5.32 Å². The minimum Gasteiger partial charge on any atom is -0.325 e. The third-order valence-corrected chi connectivity index (χ3v) is 5.72. The number of carbonyl (C=O) groups is 1. The predicted molar refractivity (Wildman–Crippen MR) is 126 cm³/mol. The molecule has 0 aliphatic rings. The summed E-state index contributed by atoms with van der Waals surface area (Å²) >= 11 is 1.31. The summed E-state index contributed by atoms with van der Waals surface area (Å²) in [4.78, 5) is 27.8. The van der Waals surface area contributed by atoms with Gasteiger partial charge in [-0.15, -0.1) is 0 Å². The molecule has 4 aromatic rings. The molecule has 0 aliphatic carbocycles. The molecule has 0 unspecified atom stereocenters. The Hall–Kier alpha value is -3.91. The quantitative estimate of drug-likeness (QED) is 0.231. The van der Waals surface area contributed by atoms with Crippen LogP contribution in [0.4, 0.5) is 11.4 Å². The van der Waals surface area contributed by atoms with E-state index >= 15 is 0 Å². The van der Waals surface area contributed by atoms with Gasteiger partial charge in [-0.2, -0.15) is 0 Å². The van der Waals surface area contributed by atoms with Crippen molar-refractivity contribution in [2.45, 2.75) is 12.1 Å². The summed E-state index contributed by atoms with van der Waals surface area (Å²) in [5, 5.41) is 14.7. The van der Waals surface area contributed by atoms with Gasteiger partial charge in [-0.3, -0.25) is 19.5 Å². The van der Waals surface area contributed by atoms with Gasteiger partial charge in [0.05, 0.1) is 22.6 Å². The van der Waals surface area contributed by atoms with Gasteiger partial charge in [0, 0.05) is 29.1 Å². The fourth-order valence-electron chi connectivity index (χ4n) is 3.21. The maximum absolute atomic E-state index is 12.4. The first-order valence-corrected chi connectivity index (χ1v) is 10.9. The number of nitro benzene ring substituents is 1. The van der Waals surface area contributed by atoms with E-state index in [1.54, 1.807) is 12.3 Å². The van der Waals surface area contributed by atoms with Crippen molar-refractivity contribution >= 4 is 29.0 Å². The van der Waals surface area contributed by atoms with Crippen molar-refractivity contribution in [1.82, 2.24) is 9.55 Å². The van der Waals surface area contributed by atoms with Crippen molar-refractivity contribution in [3.8, 4) is 16.9 Å². The molecule has 8 heteroatoms. The molecule has 3 aromatic carbocycles. The maximum atomic E-state index is 12.4. The second-order valence-corrected chi connectivity index (χ2v) is 8.05. The fourth-order valence-corrected chi connectivity index (χ4v) is 4.00. The van der Waals surface area contributed by atoms with Crippen LogP contribution < -0.4 is 5.32 Å². The van der Waals surface area contributed by atoms with E-state index in [2.05, 4.69) is 10.3 Å². The second-order valence-electron chi connectivity index (χ2n) is 7.11. The number of aromatic nitrogens is 2. The highest BCUT2D eigenvalue weighted by Gasteiger charge is 2.17. The Bertz CT molecular complexity index is 1250. The number of rotatable bonds is 7. The summed E-state index contributed by atoms with van der Waals surface area (Å²) in [7, 11) is 0. The summed E-state index contributed by atoms with van der Waals surface area (Å²) in [6, 6.07) is 23.6. The Kier molecular flexibility index (Phi) is 6.32. The zero-order valence-electron chi connectivity index (χ0n) is 17.3. The van der Waals surface area contributed by atoms with Crippen LogP contribution in [0.25, 0.3) is 16.9 Å². The van der Waals surface area contributed by atoms with E-state index in [4.69, 9.17) is 0 Å². The number of hydrogen-bond acceptors (Lipinski definition) is 5. The smallest absolute Gasteiger partial charge is 0.270 e. The van der Waals surface area contributed by atoms with Crippen molar-refractivity contribution in [3.63, 3.8) is 0 Å². The van der Waals surface area contributed by atoms with Crippen molar-refractivity contribution < 1.29 is 9.72 Å². The number of aryl methyl sites for hydroxylation is 1. The van der Waals surface area contributed by atoms with Gasteiger partial charge in [0.25, 0.3) is 5.69 Å². The molecule has 1 amide bonds. The molecule has 7 nitrogen and oxygen atoms in total. The van der Waals surface area contributed by atoms with Crippen LogP contribution in [0.1, 0.15) is 5.56 Å². The number of amides is 1. The van der Waals surface area contributed by atoms with Gasteiger partial charge in [0.1, 0.15) is 0 Å². The monoisotopic (exact) mass is 444 g/mol. The molecule has 32 heavy (non-hydrogen) atoms. The van der Waals surface area contributed by atoms with Crippen molar-refractivity contribution in [2.24, 2.45) is 0 Å². The van der Waals surface area contributed by atoms with Gasteiger partial charge in [-0.1, -0.05) is 59.8 Å². The molecule has 1 heterocycles. The minimum absolute atomic E-state index is 0.00981. The molecule has 4 rings (SSSR count). The van der Waals surface area contributed by atoms with E-state index in [1.165, 1.54) is 23.9 Å². The van der Waals surface area contributed by atoms with Gasteiger partial charge in [-0.05, 0) is 31.2 Å². The summed E-state index contributed by atoms with van der Waals surface area (Å²) in [6.07, 6.45) is 1.68. The van der Waals surface area contributed by atoms with Crippen LogP contribution in [0.3, 0.4) is 0 Å². The molecule has 0 bridgehead atoms. The standard InChI is InChI=1S/C24H20N4O3S/c1-17-10-12-20(13-11-17)27-22(18-6-5-9-21(14-18)28(30)31)15-25-24(27)32-16-23(29)26-19-7-3-2-4-8-19/h2-15H,16H2,1H3,(H,26,29). The number of hydrogen-bond donors (Lipinski definition) is 1. The first-order valence-electron chi connectivity index (χ1n) is 9.88. The number of thioether (sulfide) groups is 1. The maximum Gasteiger partial charge on any atom is 0.270 e.